The molecular weight excluding hydrogens is 478 g/mol. The number of rotatable bonds is 3. The minimum absolute atomic E-state index is 0.153. The Morgan fingerprint density at radius 1 is 0.949 bits per heavy atom. The van der Waals surface area contributed by atoms with Crippen molar-refractivity contribution in [3.05, 3.63) is 138 Å². The molecule has 1 aliphatic heterocycles. The molecular formula is C34H33N5. The molecule has 2 heterocycles. The van der Waals surface area contributed by atoms with Crippen molar-refractivity contribution in [1.82, 2.24) is 9.47 Å². The Bertz CT molecular complexity index is 1660. The SMILES string of the molecule is C=C/C(=C\C)N1Cc2c(c3ccccc3n2C(=N)/N=C(/c2ccccc2)N(C)C)/C=C\C(=C)c2ccccc21. The third-order valence-corrected chi connectivity index (χ3v) is 7.01. The zero-order valence-electron chi connectivity index (χ0n) is 22.7. The fourth-order valence-corrected chi connectivity index (χ4v) is 5.17. The van der Waals surface area contributed by atoms with Crippen LogP contribution in [0.15, 0.2) is 121 Å². The Hall–Kier alpha value is -4.90. The lowest BCUT2D eigenvalue weighted by molar-refractivity contribution is 0.624. The molecule has 39 heavy (non-hydrogen) atoms. The lowest BCUT2D eigenvalue weighted by Gasteiger charge is -2.29. The van der Waals surface area contributed by atoms with E-state index in [9.17, 15) is 5.41 Å². The van der Waals surface area contributed by atoms with E-state index < -0.39 is 0 Å². The Labute approximate surface area is 230 Å². The summed E-state index contributed by atoms with van der Waals surface area (Å²) < 4.78 is 1.97. The maximum absolute atomic E-state index is 9.32. The molecule has 0 radical (unpaired) electrons. The molecule has 0 bridgehead atoms. The number of fused-ring (bicyclic) bond motifs is 4. The minimum Gasteiger partial charge on any atom is -0.362 e. The van der Waals surface area contributed by atoms with Crippen LogP contribution in [0.2, 0.25) is 0 Å². The van der Waals surface area contributed by atoms with Gasteiger partial charge >= 0.3 is 0 Å². The van der Waals surface area contributed by atoms with Crippen LogP contribution in [0, 0.1) is 5.41 Å². The van der Waals surface area contributed by atoms with E-state index in [1.54, 1.807) is 0 Å². The van der Waals surface area contributed by atoms with Gasteiger partial charge in [-0.3, -0.25) is 9.98 Å². The van der Waals surface area contributed by atoms with Gasteiger partial charge in [-0.25, -0.2) is 0 Å². The largest absolute Gasteiger partial charge is 0.362 e. The lowest BCUT2D eigenvalue weighted by Crippen LogP contribution is -2.28. The van der Waals surface area contributed by atoms with Gasteiger partial charge in [-0.15, -0.1) is 0 Å². The van der Waals surface area contributed by atoms with Crippen LogP contribution in [0.3, 0.4) is 0 Å². The molecule has 1 aromatic heterocycles. The van der Waals surface area contributed by atoms with Crippen molar-refractivity contribution < 1.29 is 0 Å². The Morgan fingerprint density at radius 3 is 2.36 bits per heavy atom. The van der Waals surface area contributed by atoms with Crippen molar-refractivity contribution in [2.24, 2.45) is 4.99 Å². The molecule has 5 heteroatoms. The van der Waals surface area contributed by atoms with E-state index in [1.165, 1.54) is 0 Å². The number of nitrogens with zero attached hydrogens (tertiary/aromatic N) is 4. The first kappa shape index (κ1) is 25.7. The van der Waals surface area contributed by atoms with Crippen molar-refractivity contribution in [2.45, 2.75) is 13.5 Å². The molecule has 0 saturated carbocycles. The maximum Gasteiger partial charge on any atom is 0.228 e. The van der Waals surface area contributed by atoms with Crippen LogP contribution >= 0.6 is 0 Å². The zero-order valence-corrected chi connectivity index (χ0v) is 22.7. The van der Waals surface area contributed by atoms with Gasteiger partial charge in [0.15, 0.2) is 0 Å². The fraction of sp³-hybridized carbons (Fsp3) is 0.118. The summed E-state index contributed by atoms with van der Waals surface area (Å²) in [5, 5.41) is 10.4. The number of para-hydroxylation sites is 2. The van der Waals surface area contributed by atoms with Gasteiger partial charge in [0.1, 0.15) is 5.84 Å². The molecule has 0 fully saturated rings. The average Bonchev–Trinajstić information content (AvgIpc) is 3.29. The van der Waals surface area contributed by atoms with Crippen LogP contribution in [0.1, 0.15) is 29.3 Å². The van der Waals surface area contributed by atoms with Gasteiger partial charge in [0.2, 0.25) is 5.96 Å². The van der Waals surface area contributed by atoms with E-state index in [0.717, 1.165) is 56.1 Å². The number of benzene rings is 3. The van der Waals surface area contributed by atoms with Crippen LogP contribution < -0.4 is 4.90 Å². The van der Waals surface area contributed by atoms with Gasteiger partial charge < -0.3 is 9.80 Å². The second-order valence-corrected chi connectivity index (χ2v) is 9.61. The number of hydrogen-bond donors (Lipinski definition) is 1. The fourth-order valence-electron chi connectivity index (χ4n) is 5.17. The van der Waals surface area contributed by atoms with Crippen molar-refractivity contribution >= 4 is 40.0 Å². The first-order valence-electron chi connectivity index (χ1n) is 13.0. The van der Waals surface area contributed by atoms with Crippen molar-refractivity contribution in [3.8, 4) is 0 Å². The van der Waals surface area contributed by atoms with Crippen LogP contribution in [0.4, 0.5) is 5.69 Å². The number of aromatic nitrogens is 1. The number of anilines is 1. The smallest absolute Gasteiger partial charge is 0.228 e. The summed E-state index contributed by atoms with van der Waals surface area (Å²) in [5.74, 6) is 0.877. The summed E-state index contributed by atoms with van der Waals surface area (Å²) >= 11 is 0. The van der Waals surface area contributed by atoms with Gasteiger partial charge in [-0.2, -0.15) is 4.99 Å². The third kappa shape index (κ3) is 4.75. The van der Waals surface area contributed by atoms with Gasteiger partial charge in [-0.05, 0) is 30.7 Å². The van der Waals surface area contributed by atoms with E-state index in [1.807, 2.05) is 91.2 Å². The zero-order chi connectivity index (χ0) is 27.5. The van der Waals surface area contributed by atoms with Crippen LogP contribution in [0.5, 0.6) is 0 Å². The van der Waals surface area contributed by atoms with Gasteiger partial charge in [0, 0.05) is 47.6 Å². The highest BCUT2D eigenvalue weighted by Crippen LogP contribution is 2.37. The summed E-state index contributed by atoms with van der Waals surface area (Å²) in [6.07, 6.45) is 8.14. The predicted octanol–water partition coefficient (Wildman–Crippen LogP) is 7.57. The van der Waals surface area contributed by atoms with Gasteiger partial charge in [0.05, 0.1) is 17.8 Å². The van der Waals surface area contributed by atoms with E-state index in [-0.39, 0.29) is 5.96 Å². The topological polar surface area (TPSA) is 47.6 Å². The van der Waals surface area contributed by atoms with Crippen LogP contribution in [0.25, 0.3) is 22.6 Å². The van der Waals surface area contributed by atoms with Crippen molar-refractivity contribution in [3.63, 3.8) is 0 Å². The molecule has 0 amide bonds. The molecule has 5 rings (SSSR count). The number of allylic oxidation sites excluding steroid dienone is 4. The quantitative estimate of drug-likeness (QED) is 0.175. The summed E-state index contributed by atoms with van der Waals surface area (Å²) in [6, 6.07) is 26.5. The number of hydrogen-bond acceptors (Lipinski definition) is 2. The molecule has 194 valence electrons. The van der Waals surface area contributed by atoms with Crippen molar-refractivity contribution in [1.29, 1.82) is 5.41 Å². The van der Waals surface area contributed by atoms with E-state index in [4.69, 9.17) is 4.99 Å². The van der Waals surface area contributed by atoms with Crippen LogP contribution in [-0.4, -0.2) is 35.4 Å². The first-order chi connectivity index (χ1) is 18.9. The average molecular weight is 512 g/mol. The van der Waals surface area contributed by atoms with Gasteiger partial charge in [-0.1, -0.05) is 98.1 Å². The molecule has 0 spiro atoms. The third-order valence-electron chi connectivity index (χ3n) is 7.01. The highest BCUT2D eigenvalue weighted by molar-refractivity contribution is 6.08. The van der Waals surface area contributed by atoms with E-state index in [0.29, 0.717) is 6.54 Å². The predicted molar refractivity (Wildman–Crippen MR) is 166 cm³/mol. The molecule has 0 saturated heterocycles. The van der Waals surface area contributed by atoms with Gasteiger partial charge in [0.25, 0.3) is 0 Å². The molecule has 0 unspecified atom stereocenters. The number of aliphatic imine (C=N–C) groups is 1. The highest BCUT2D eigenvalue weighted by atomic mass is 15.2. The summed E-state index contributed by atoms with van der Waals surface area (Å²) in [4.78, 5) is 9.08. The Morgan fingerprint density at radius 2 is 1.64 bits per heavy atom. The molecule has 0 aliphatic carbocycles. The Kier molecular flexibility index (Phi) is 7.15. The second kappa shape index (κ2) is 10.8. The maximum atomic E-state index is 9.32. The number of nitrogens with one attached hydrogen (secondary N) is 1. The Balaban J connectivity index is 1.78. The van der Waals surface area contributed by atoms with E-state index in [2.05, 4.69) is 60.6 Å². The minimum atomic E-state index is 0.153. The monoisotopic (exact) mass is 511 g/mol. The molecule has 4 aromatic rings. The highest BCUT2D eigenvalue weighted by Gasteiger charge is 2.25. The van der Waals surface area contributed by atoms with E-state index >= 15 is 0 Å². The summed E-state index contributed by atoms with van der Waals surface area (Å²) in [6.45, 7) is 11.0. The lowest BCUT2D eigenvalue weighted by atomic mass is 10.0. The second-order valence-electron chi connectivity index (χ2n) is 9.61. The first-order valence-corrected chi connectivity index (χ1v) is 13.0. The molecule has 1 aliphatic rings. The summed E-state index contributed by atoms with van der Waals surface area (Å²) in [5.41, 5.74) is 7.92. The molecule has 0 atom stereocenters. The normalized spacial score (nSPS) is 14.6. The summed E-state index contributed by atoms with van der Waals surface area (Å²) in [7, 11) is 3.91. The van der Waals surface area contributed by atoms with Crippen LogP contribution in [-0.2, 0) is 6.54 Å². The number of amidine groups is 1. The standard InChI is InChI=1S/C34H33N5/c1-6-26(7-2)38-23-32-29(22-21-24(3)27-17-11-13-19-30(27)38)28-18-12-14-20-31(28)39(32)34(35)36-33(37(4)5)25-15-9-8-10-16-25/h6-22,35H,1,3,23H2,2,4-5H3/b22-21-,26-7+,35-34?,36-33-. The molecule has 5 nitrogen and oxygen atoms in total. The van der Waals surface area contributed by atoms with Crippen molar-refractivity contribution in [2.75, 3.05) is 19.0 Å². The molecule has 1 N–H and O–H groups in total. The molecule has 3 aromatic carbocycles.